The molecule has 0 spiro atoms. The standard InChI is InChI=1S/C79H56N2/c1-79(2)74-28-13-11-26-70(74)71-45-44-67(52-75(71)79)80(76-30-16-22-61-21-9-10-25-69(61)76)66-24-15-23-62(48-66)57-35-37-58(38-36-57)63-43-46-78-73(51-63)72-27-12-14-29-77(72)81(78)68-49-64(59-39-31-55(32-40-59)53-17-5-3-6-18-53)47-65(50-68)60-41-33-56(34-42-60)54-19-7-4-8-20-54/h3-52H,1-2H3. The lowest BCUT2D eigenvalue weighted by atomic mass is 9.82. The Bertz CT molecular complexity index is 4570. The molecule has 0 N–H and O–H groups in total. The normalized spacial score (nSPS) is 12.4. The molecule has 15 rings (SSSR count). The minimum absolute atomic E-state index is 0.123. The molecule has 0 aliphatic heterocycles. The summed E-state index contributed by atoms with van der Waals surface area (Å²) in [6.07, 6.45) is 0. The average Bonchev–Trinajstić information content (AvgIpc) is 3.78. The van der Waals surface area contributed by atoms with E-state index >= 15 is 0 Å². The molecule has 0 saturated heterocycles. The first-order valence-electron chi connectivity index (χ1n) is 28.1. The highest BCUT2D eigenvalue weighted by molar-refractivity contribution is 6.11. The second-order valence-electron chi connectivity index (χ2n) is 22.1. The van der Waals surface area contributed by atoms with Gasteiger partial charge in [-0.2, -0.15) is 0 Å². The number of nitrogens with zero attached hydrogens (tertiary/aromatic N) is 2. The zero-order valence-electron chi connectivity index (χ0n) is 45.3. The molecule has 0 bridgehead atoms. The Balaban J connectivity index is 0.795. The highest BCUT2D eigenvalue weighted by Gasteiger charge is 2.36. The Labute approximate surface area is 473 Å². The van der Waals surface area contributed by atoms with Crippen molar-refractivity contribution in [3.05, 3.63) is 314 Å². The molecule has 382 valence electrons. The maximum atomic E-state index is 2.46. The third-order valence-electron chi connectivity index (χ3n) is 17.0. The van der Waals surface area contributed by atoms with Gasteiger partial charge in [0.2, 0.25) is 0 Å². The fourth-order valence-corrected chi connectivity index (χ4v) is 12.8. The van der Waals surface area contributed by atoms with Gasteiger partial charge in [0, 0.05) is 38.6 Å². The van der Waals surface area contributed by atoms with E-state index in [1.165, 1.54) is 116 Å². The average molecular weight is 1030 g/mol. The van der Waals surface area contributed by atoms with E-state index in [0.717, 1.165) is 28.3 Å². The van der Waals surface area contributed by atoms with E-state index in [4.69, 9.17) is 0 Å². The van der Waals surface area contributed by atoms with Crippen LogP contribution in [0.5, 0.6) is 0 Å². The van der Waals surface area contributed by atoms with Crippen molar-refractivity contribution in [2.45, 2.75) is 19.3 Å². The molecule has 2 heteroatoms. The molecule has 1 heterocycles. The van der Waals surface area contributed by atoms with Crippen molar-refractivity contribution in [1.82, 2.24) is 4.57 Å². The number of fused-ring (bicyclic) bond motifs is 7. The quantitative estimate of drug-likeness (QED) is 0.133. The molecule has 14 aromatic rings. The first-order chi connectivity index (χ1) is 39.9. The number of para-hydroxylation sites is 1. The lowest BCUT2D eigenvalue weighted by molar-refractivity contribution is 0.660. The van der Waals surface area contributed by atoms with Crippen LogP contribution in [0.1, 0.15) is 25.0 Å². The van der Waals surface area contributed by atoms with E-state index in [0.29, 0.717) is 0 Å². The van der Waals surface area contributed by atoms with E-state index in [9.17, 15) is 0 Å². The van der Waals surface area contributed by atoms with Gasteiger partial charge in [-0.25, -0.2) is 0 Å². The van der Waals surface area contributed by atoms with Crippen LogP contribution in [0.2, 0.25) is 0 Å². The fraction of sp³-hybridized carbons (Fsp3) is 0.0380. The van der Waals surface area contributed by atoms with Gasteiger partial charge in [0.25, 0.3) is 0 Å². The van der Waals surface area contributed by atoms with Gasteiger partial charge in [-0.05, 0) is 161 Å². The molecular weight excluding hydrogens is 977 g/mol. The summed E-state index contributed by atoms with van der Waals surface area (Å²) in [4.78, 5) is 2.45. The van der Waals surface area contributed by atoms with Crippen molar-refractivity contribution in [3.8, 4) is 83.6 Å². The lowest BCUT2D eigenvalue weighted by Crippen LogP contribution is -2.16. The van der Waals surface area contributed by atoms with Crippen molar-refractivity contribution < 1.29 is 0 Å². The summed E-state index contributed by atoms with van der Waals surface area (Å²) in [5.74, 6) is 0. The number of rotatable bonds is 10. The van der Waals surface area contributed by atoms with Crippen LogP contribution < -0.4 is 4.90 Å². The molecule has 1 aromatic heterocycles. The molecule has 0 atom stereocenters. The number of hydrogen-bond donors (Lipinski definition) is 0. The summed E-state index contributed by atoms with van der Waals surface area (Å²) in [6.45, 7) is 4.72. The van der Waals surface area contributed by atoms with E-state index in [1.807, 2.05) is 0 Å². The van der Waals surface area contributed by atoms with Gasteiger partial charge in [-0.15, -0.1) is 0 Å². The van der Waals surface area contributed by atoms with Crippen molar-refractivity contribution in [2.24, 2.45) is 0 Å². The minimum atomic E-state index is -0.123. The topological polar surface area (TPSA) is 8.17 Å². The monoisotopic (exact) mass is 1030 g/mol. The molecule has 1 aliphatic carbocycles. The molecule has 13 aromatic carbocycles. The molecule has 1 aliphatic rings. The smallest absolute Gasteiger partial charge is 0.0541 e. The summed E-state index contributed by atoms with van der Waals surface area (Å²) in [5, 5.41) is 4.87. The van der Waals surface area contributed by atoms with Crippen LogP contribution in [0, 0.1) is 0 Å². The molecular formula is C79H56N2. The maximum Gasteiger partial charge on any atom is 0.0541 e. The summed E-state index contributed by atoms with van der Waals surface area (Å²) in [6, 6.07) is 112. The molecule has 0 amide bonds. The van der Waals surface area contributed by atoms with Crippen LogP contribution in [0.25, 0.3) is 116 Å². The maximum absolute atomic E-state index is 2.46. The van der Waals surface area contributed by atoms with Gasteiger partial charge in [-0.1, -0.05) is 250 Å². The Kier molecular flexibility index (Phi) is 11.6. The highest BCUT2D eigenvalue weighted by atomic mass is 15.1. The van der Waals surface area contributed by atoms with Crippen molar-refractivity contribution in [2.75, 3.05) is 4.90 Å². The lowest BCUT2D eigenvalue weighted by Gasteiger charge is -2.29. The van der Waals surface area contributed by atoms with Crippen molar-refractivity contribution in [3.63, 3.8) is 0 Å². The summed E-state index contributed by atoms with van der Waals surface area (Å²) < 4.78 is 2.46. The zero-order valence-corrected chi connectivity index (χ0v) is 45.3. The van der Waals surface area contributed by atoms with Gasteiger partial charge < -0.3 is 9.47 Å². The minimum Gasteiger partial charge on any atom is -0.310 e. The first kappa shape index (κ1) is 47.9. The zero-order chi connectivity index (χ0) is 54.0. The molecule has 0 saturated carbocycles. The number of aromatic nitrogens is 1. The predicted octanol–water partition coefficient (Wildman–Crippen LogP) is 21.7. The van der Waals surface area contributed by atoms with Gasteiger partial charge >= 0.3 is 0 Å². The predicted molar refractivity (Wildman–Crippen MR) is 343 cm³/mol. The molecule has 0 radical (unpaired) electrons. The van der Waals surface area contributed by atoms with E-state index in [1.54, 1.807) is 0 Å². The van der Waals surface area contributed by atoms with Crippen molar-refractivity contribution in [1.29, 1.82) is 0 Å². The third-order valence-corrected chi connectivity index (χ3v) is 17.0. The Morgan fingerprint density at radius 1 is 0.272 bits per heavy atom. The van der Waals surface area contributed by atoms with Gasteiger partial charge in [0.15, 0.2) is 0 Å². The second kappa shape index (κ2) is 19.6. The number of anilines is 3. The van der Waals surface area contributed by atoms with Gasteiger partial charge in [-0.3, -0.25) is 0 Å². The highest BCUT2D eigenvalue weighted by Crippen LogP contribution is 2.51. The Hall–Kier alpha value is -10.3. The van der Waals surface area contributed by atoms with Crippen LogP contribution in [-0.4, -0.2) is 4.57 Å². The SMILES string of the molecule is CC1(C)c2ccccc2-c2ccc(N(c3cccc(-c4ccc(-c5ccc6c(c5)c5ccccc5n6-c5cc(-c6ccc(-c7ccccc7)cc6)cc(-c6ccc(-c7ccccc7)cc6)c5)cc4)c3)c3cccc4ccccc34)cc21. The van der Waals surface area contributed by atoms with Crippen LogP contribution in [0.3, 0.4) is 0 Å². The van der Waals surface area contributed by atoms with Gasteiger partial charge in [0.05, 0.1) is 16.7 Å². The molecule has 0 fully saturated rings. The fourth-order valence-electron chi connectivity index (χ4n) is 12.8. The van der Waals surface area contributed by atoms with E-state index in [2.05, 4.69) is 327 Å². The van der Waals surface area contributed by atoms with E-state index < -0.39 is 0 Å². The number of benzene rings is 13. The summed E-state index contributed by atoms with van der Waals surface area (Å²) in [7, 11) is 0. The molecule has 81 heavy (non-hydrogen) atoms. The number of hydrogen-bond acceptors (Lipinski definition) is 1. The Morgan fingerprint density at radius 3 is 1.40 bits per heavy atom. The van der Waals surface area contributed by atoms with Gasteiger partial charge in [0.1, 0.15) is 0 Å². The van der Waals surface area contributed by atoms with Crippen molar-refractivity contribution >= 4 is 49.6 Å². The van der Waals surface area contributed by atoms with Crippen LogP contribution in [0.4, 0.5) is 17.1 Å². The summed E-state index contributed by atoms with van der Waals surface area (Å²) >= 11 is 0. The van der Waals surface area contributed by atoms with Crippen LogP contribution in [0.15, 0.2) is 303 Å². The largest absolute Gasteiger partial charge is 0.310 e. The first-order valence-corrected chi connectivity index (χ1v) is 28.1. The summed E-state index contributed by atoms with van der Waals surface area (Å²) in [5.41, 5.74) is 26.3. The third kappa shape index (κ3) is 8.43. The van der Waals surface area contributed by atoms with Crippen LogP contribution in [-0.2, 0) is 5.41 Å². The van der Waals surface area contributed by atoms with E-state index in [-0.39, 0.29) is 5.41 Å². The second-order valence-corrected chi connectivity index (χ2v) is 22.1. The molecule has 0 unspecified atom stereocenters. The molecule has 2 nitrogen and oxygen atoms in total. The van der Waals surface area contributed by atoms with Crippen LogP contribution >= 0.6 is 0 Å². The Morgan fingerprint density at radius 2 is 0.728 bits per heavy atom.